The van der Waals surface area contributed by atoms with Gasteiger partial charge in [0.1, 0.15) is 5.75 Å². The number of methoxy groups -OCH3 is 1. The number of nitrogens with one attached hydrogen (secondary N) is 2. The molecule has 0 saturated carbocycles. The van der Waals surface area contributed by atoms with E-state index in [-0.39, 0.29) is 24.0 Å². The van der Waals surface area contributed by atoms with E-state index < -0.39 is 0 Å². The molecule has 6 nitrogen and oxygen atoms in total. The average molecular weight is 515 g/mol. The van der Waals surface area contributed by atoms with Crippen LogP contribution < -0.4 is 20.3 Å². The van der Waals surface area contributed by atoms with Crippen LogP contribution in [0.4, 0.5) is 5.69 Å². The Hall–Kier alpha value is -1.22. The van der Waals surface area contributed by atoms with Crippen LogP contribution in [0.3, 0.4) is 0 Å². The lowest BCUT2D eigenvalue weighted by Crippen LogP contribution is -2.45. The molecule has 3 rings (SSSR count). The fourth-order valence-electron chi connectivity index (χ4n) is 4.30. The SMILES string of the molecule is CCCN1CCC(CN=C(NCC)NC2CCN(c3ccccc3OC)C2)C1.I. The summed E-state index contributed by atoms with van der Waals surface area (Å²) < 4.78 is 5.53. The number of benzene rings is 1. The summed E-state index contributed by atoms with van der Waals surface area (Å²) in [5.74, 6) is 2.60. The van der Waals surface area contributed by atoms with E-state index in [4.69, 9.17) is 9.73 Å². The van der Waals surface area contributed by atoms with E-state index in [9.17, 15) is 0 Å². The second-order valence-corrected chi connectivity index (χ2v) is 7.92. The molecule has 0 bridgehead atoms. The van der Waals surface area contributed by atoms with Gasteiger partial charge >= 0.3 is 0 Å². The highest BCUT2D eigenvalue weighted by molar-refractivity contribution is 14.0. The Morgan fingerprint density at radius 1 is 1.17 bits per heavy atom. The van der Waals surface area contributed by atoms with E-state index in [2.05, 4.69) is 46.4 Å². The van der Waals surface area contributed by atoms with Crippen LogP contribution in [0.15, 0.2) is 29.3 Å². The van der Waals surface area contributed by atoms with Gasteiger partial charge in [0.2, 0.25) is 0 Å². The van der Waals surface area contributed by atoms with Crippen molar-refractivity contribution < 1.29 is 4.74 Å². The van der Waals surface area contributed by atoms with Crippen LogP contribution in [0.1, 0.15) is 33.1 Å². The molecule has 2 aliphatic rings. The average Bonchev–Trinajstić information content (AvgIpc) is 3.36. The molecular weight excluding hydrogens is 477 g/mol. The second-order valence-electron chi connectivity index (χ2n) is 7.92. The van der Waals surface area contributed by atoms with Crippen LogP contribution >= 0.6 is 24.0 Å². The number of aliphatic imine (C=N–C) groups is 1. The van der Waals surface area contributed by atoms with Gasteiger partial charge in [-0.05, 0) is 57.3 Å². The number of nitrogens with zero attached hydrogens (tertiary/aromatic N) is 3. The highest BCUT2D eigenvalue weighted by Crippen LogP contribution is 2.30. The molecule has 2 saturated heterocycles. The lowest BCUT2D eigenvalue weighted by molar-refractivity contribution is 0.326. The molecule has 2 atom stereocenters. The van der Waals surface area contributed by atoms with Gasteiger partial charge in [-0.3, -0.25) is 4.99 Å². The summed E-state index contributed by atoms with van der Waals surface area (Å²) in [7, 11) is 1.74. The number of ether oxygens (including phenoxy) is 1. The number of halogens is 1. The van der Waals surface area contributed by atoms with E-state index in [1.807, 2.05) is 12.1 Å². The van der Waals surface area contributed by atoms with E-state index in [1.54, 1.807) is 7.11 Å². The van der Waals surface area contributed by atoms with Crippen molar-refractivity contribution in [3.63, 3.8) is 0 Å². The first-order chi connectivity index (χ1) is 13.7. The van der Waals surface area contributed by atoms with Gasteiger partial charge in [-0.25, -0.2) is 0 Å². The number of likely N-dealkylation sites (tertiary alicyclic amines) is 1. The molecule has 2 fully saturated rings. The molecule has 2 heterocycles. The van der Waals surface area contributed by atoms with Crippen LogP contribution in [0, 0.1) is 5.92 Å². The van der Waals surface area contributed by atoms with Gasteiger partial charge in [0.05, 0.1) is 12.8 Å². The largest absolute Gasteiger partial charge is 0.495 e. The maximum absolute atomic E-state index is 5.53. The third-order valence-electron chi connectivity index (χ3n) is 5.72. The van der Waals surface area contributed by atoms with Gasteiger partial charge in [0.25, 0.3) is 0 Å². The minimum atomic E-state index is 0. The predicted molar refractivity (Wildman–Crippen MR) is 133 cm³/mol. The minimum Gasteiger partial charge on any atom is -0.495 e. The zero-order valence-corrected chi connectivity index (χ0v) is 20.5. The van der Waals surface area contributed by atoms with Crippen LogP contribution in [0.2, 0.25) is 0 Å². The quantitative estimate of drug-likeness (QED) is 0.317. The molecule has 0 amide bonds. The maximum Gasteiger partial charge on any atom is 0.191 e. The van der Waals surface area contributed by atoms with Crippen LogP contribution in [0.25, 0.3) is 0 Å². The van der Waals surface area contributed by atoms with Crippen molar-refractivity contribution in [2.45, 2.75) is 39.2 Å². The number of hydrogen-bond donors (Lipinski definition) is 2. The van der Waals surface area contributed by atoms with Crippen molar-refractivity contribution in [3.05, 3.63) is 24.3 Å². The van der Waals surface area contributed by atoms with E-state index in [1.165, 1.54) is 38.2 Å². The molecule has 1 aromatic carbocycles. The molecule has 2 N–H and O–H groups in total. The van der Waals surface area contributed by atoms with Crippen LogP contribution in [0.5, 0.6) is 5.75 Å². The summed E-state index contributed by atoms with van der Waals surface area (Å²) >= 11 is 0. The highest BCUT2D eigenvalue weighted by atomic mass is 127. The van der Waals surface area contributed by atoms with Gasteiger partial charge in [0, 0.05) is 38.8 Å². The smallest absolute Gasteiger partial charge is 0.191 e. The predicted octanol–water partition coefficient (Wildman–Crippen LogP) is 3.18. The van der Waals surface area contributed by atoms with Crippen molar-refractivity contribution >= 4 is 35.6 Å². The van der Waals surface area contributed by atoms with Gasteiger partial charge < -0.3 is 25.2 Å². The molecule has 2 unspecified atom stereocenters. The standard InChI is InChI=1S/C22H37N5O.HI/c1-4-12-26-13-10-18(16-26)15-24-22(23-5-2)25-19-11-14-27(17-19)20-8-6-7-9-21(20)28-3;/h6-9,18-19H,4-5,10-17H2,1-3H3,(H2,23,24,25);1H. The first-order valence-electron chi connectivity index (χ1n) is 10.9. The zero-order chi connectivity index (χ0) is 19.8. The van der Waals surface area contributed by atoms with Crippen LogP contribution in [-0.4, -0.2) is 69.8 Å². The summed E-state index contributed by atoms with van der Waals surface area (Å²) in [5.41, 5.74) is 1.18. The Bertz CT molecular complexity index is 641. The third-order valence-corrected chi connectivity index (χ3v) is 5.72. The van der Waals surface area contributed by atoms with Crippen molar-refractivity contribution in [3.8, 4) is 5.75 Å². The number of rotatable bonds is 8. The number of guanidine groups is 1. The molecule has 29 heavy (non-hydrogen) atoms. The molecule has 0 aromatic heterocycles. The van der Waals surface area contributed by atoms with E-state index in [0.29, 0.717) is 12.0 Å². The molecule has 2 aliphatic heterocycles. The lowest BCUT2D eigenvalue weighted by Gasteiger charge is -2.22. The highest BCUT2D eigenvalue weighted by Gasteiger charge is 2.26. The molecular formula is C22H38IN5O. The first-order valence-corrected chi connectivity index (χ1v) is 10.9. The number of anilines is 1. The van der Waals surface area contributed by atoms with E-state index in [0.717, 1.165) is 44.3 Å². The third kappa shape index (κ3) is 6.91. The van der Waals surface area contributed by atoms with Crippen molar-refractivity contribution in [2.24, 2.45) is 10.9 Å². The van der Waals surface area contributed by atoms with Crippen molar-refractivity contribution in [1.29, 1.82) is 0 Å². The second kappa shape index (κ2) is 12.5. The first kappa shape index (κ1) is 24.1. The van der Waals surface area contributed by atoms with Gasteiger partial charge in [0.15, 0.2) is 5.96 Å². The molecule has 0 spiro atoms. The maximum atomic E-state index is 5.53. The monoisotopic (exact) mass is 515 g/mol. The molecule has 0 radical (unpaired) electrons. The van der Waals surface area contributed by atoms with Gasteiger partial charge in [-0.2, -0.15) is 0 Å². The Balaban J connectivity index is 0.00000300. The molecule has 1 aromatic rings. The Morgan fingerprint density at radius 2 is 2.00 bits per heavy atom. The van der Waals surface area contributed by atoms with Crippen molar-refractivity contribution in [2.75, 3.05) is 57.8 Å². The zero-order valence-electron chi connectivity index (χ0n) is 18.2. The fourth-order valence-corrected chi connectivity index (χ4v) is 4.30. The van der Waals surface area contributed by atoms with Crippen molar-refractivity contribution in [1.82, 2.24) is 15.5 Å². The topological polar surface area (TPSA) is 52.1 Å². The molecule has 164 valence electrons. The lowest BCUT2D eigenvalue weighted by atomic mass is 10.1. The number of hydrogen-bond acceptors (Lipinski definition) is 4. The fraction of sp³-hybridized carbons (Fsp3) is 0.682. The summed E-state index contributed by atoms with van der Waals surface area (Å²) in [6.07, 6.45) is 3.62. The Morgan fingerprint density at radius 3 is 2.76 bits per heavy atom. The Kier molecular flexibility index (Phi) is 10.3. The summed E-state index contributed by atoms with van der Waals surface area (Å²) in [5, 5.41) is 7.09. The molecule has 7 heteroatoms. The normalized spacial score (nSPS) is 22.4. The van der Waals surface area contributed by atoms with E-state index >= 15 is 0 Å². The van der Waals surface area contributed by atoms with Gasteiger partial charge in [-0.1, -0.05) is 19.1 Å². The van der Waals surface area contributed by atoms with Gasteiger partial charge in [-0.15, -0.1) is 24.0 Å². The molecule has 0 aliphatic carbocycles. The number of para-hydroxylation sites is 2. The summed E-state index contributed by atoms with van der Waals surface area (Å²) in [4.78, 5) is 9.88. The Labute approximate surface area is 193 Å². The van der Waals surface area contributed by atoms with Crippen LogP contribution in [-0.2, 0) is 0 Å². The summed E-state index contributed by atoms with van der Waals surface area (Å²) in [6, 6.07) is 8.68. The summed E-state index contributed by atoms with van der Waals surface area (Å²) in [6.45, 7) is 11.8. The minimum absolute atomic E-state index is 0.